The Bertz CT molecular complexity index is 441. The van der Waals surface area contributed by atoms with Gasteiger partial charge in [-0.3, -0.25) is 0 Å². The highest BCUT2D eigenvalue weighted by molar-refractivity contribution is 6.88. The summed E-state index contributed by atoms with van der Waals surface area (Å²) in [4.78, 5) is 23.2. The van der Waals surface area contributed by atoms with Crippen molar-refractivity contribution in [3.05, 3.63) is 17.4 Å². The summed E-state index contributed by atoms with van der Waals surface area (Å²) in [6, 6.07) is 0. The van der Waals surface area contributed by atoms with Crippen LogP contribution in [0.5, 0.6) is 0 Å². The first-order chi connectivity index (χ1) is 7.82. The lowest BCUT2D eigenvalue weighted by Crippen LogP contribution is -2.40. The van der Waals surface area contributed by atoms with E-state index in [2.05, 4.69) is 9.47 Å². The fourth-order valence-corrected chi connectivity index (χ4v) is 2.87. The van der Waals surface area contributed by atoms with Crippen molar-refractivity contribution in [1.29, 1.82) is 0 Å². The van der Waals surface area contributed by atoms with Gasteiger partial charge in [-0.15, -0.1) is 0 Å². The van der Waals surface area contributed by atoms with Crippen LogP contribution in [0.25, 0.3) is 0 Å². The van der Waals surface area contributed by atoms with Crippen LogP contribution < -0.4 is 5.38 Å². The zero-order valence-corrected chi connectivity index (χ0v) is 11.6. The molecule has 0 unspecified atom stereocenters. The van der Waals surface area contributed by atoms with Gasteiger partial charge in [-0.1, -0.05) is 19.6 Å². The van der Waals surface area contributed by atoms with Crippen molar-refractivity contribution >= 4 is 25.4 Å². The second-order valence-electron chi connectivity index (χ2n) is 4.59. The Labute approximate surface area is 101 Å². The average molecular weight is 256 g/mol. The Morgan fingerprint density at radius 1 is 1.12 bits per heavy atom. The smallest absolute Gasteiger partial charge is 0.342 e. The maximum Gasteiger partial charge on any atom is 0.342 e. The first-order valence-electron chi connectivity index (χ1n) is 5.11. The minimum absolute atomic E-state index is 0.122. The van der Waals surface area contributed by atoms with Crippen LogP contribution in [0.1, 0.15) is 20.7 Å². The lowest BCUT2D eigenvalue weighted by Gasteiger charge is -2.14. The van der Waals surface area contributed by atoms with E-state index >= 15 is 0 Å². The number of furan rings is 1. The molecule has 1 aromatic rings. The molecule has 6 heteroatoms. The number of rotatable bonds is 3. The maximum atomic E-state index is 11.7. The molecule has 0 aromatic carbocycles. The topological polar surface area (TPSA) is 65.7 Å². The van der Waals surface area contributed by atoms with Gasteiger partial charge in [0.25, 0.3) is 0 Å². The predicted octanol–water partition coefficient (Wildman–Crippen LogP) is 1.40. The van der Waals surface area contributed by atoms with Gasteiger partial charge in [0.15, 0.2) is 0 Å². The van der Waals surface area contributed by atoms with Crippen molar-refractivity contribution < 1.29 is 23.5 Å². The lowest BCUT2D eigenvalue weighted by molar-refractivity contribution is 0.0557. The molecule has 0 aliphatic carbocycles. The molecule has 0 N–H and O–H groups in total. The van der Waals surface area contributed by atoms with E-state index in [1.807, 2.05) is 19.6 Å². The van der Waals surface area contributed by atoms with Crippen molar-refractivity contribution in [2.45, 2.75) is 19.6 Å². The molecule has 0 saturated heterocycles. The highest BCUT2D eigenvalue weighted by Gasteiger charge is 2.33. The molecule has 0 amide bonds. The summed E-state index contributed by atoms with van der Waals surface area (Å²) in [5, 5.41) is 0.546. The van der Waals surface area contributed by atoms with E-state index < -0.39 is 20.0 Å². The SMILES string of the molecule is COC(=O)c1coc([Si](C)(C)C)c1C(=O)OC. The molecular formula is C11H16O5Si. The van der Waals surface area contributed by atoms with Gasteiger partial charge in [-0.05, 0) is 0 Å². The Kier molecular flexibility index (Phi) is 3.77. The van der Waals surface area contributed by atoms with E-state index in [1.54, 1.807) is 0 Å². The molecule has 0 fully saturated rings. The predicted molar refractivity (Wildman–Crippen MR) is 64.4 cm³/mol. The van der Waals surface area contributed by atoms with Crippen molar-refractivity contribution in [1.82, 2.24) is 0 Å². The van der Waals surface area contributed by atoms with E-state index in [0.717, 1.165) is 0 Å². The molecule has 0 saturated carbocycles. The minimum Gasteiger partial charge on any atom is -0.473 e. The molecule has 0 atom stereocenters. The molecule has 94 valence electrons. The Morgan fingerprint density at radius 2 is 1.65 bits per heavy atom. The van der Waals surface area contributed by atoms with Gasteiger partial charge in [0.1, 0.15) is 25.5 Å². The van der Waals surface area contributed by atoms with Crippen LogP contribution in [0.15, 0.2) is 10.7 Å². The third-order valence-corrected chi connectivity index (χ3v) is 4.00. The summed E-state index contributed by atoms with van der Waals surface area (Å²) < 4.78 is 14.7. The quantitative estimate of drug-likeness (QED) is 0.604. The fourth-order valence-electron chi connectivity index (χ4n) is 1.47. The second kappa shape index (κ2) is 4.75. The summed E-state index contributed by atoms with van der Waals surface area (Å²) in [5.74, 6) is -1.17. The van der Waals surface area contributed by atoms with Gasteiger partial charge in [-0.25, -0.2) is 9.59 Å². The Morgan fingerprint density at radius 3 is 2.06 bits per heavy atom. The summed E-state index contributed by atoms with van der Waals surface area (Å²) in [7, 11) is 0.653. The lowest BCUT2D eigenvalue weighted by atomic mass is 10.2. The number of ether oxygens (including phenoxy) is 2. The fraction of sp³-hybridized carbons (Fsp3) is 0.455. The zero-order chi connectivity index (χ0) is 13.2. The minimum atomic E-state index is -1.87. The molecule has 1 rings (SSSR count). The third kappa shape index (κ3) is 2.58. The van der Waals surface area contributed by atoms with Gasteiger partial charge in [0, 0.05) is 0 Å². The van der Waals surface area contributed by atoms with Crippen LogP contribution in [0.3, 0.4) is 0 Å². The van der Waals surface area contributed by atoms with Gasteiger partial charge < -0.3 is 13.9 Å². The molecule has 17 heavy (non-hydrogen) atoms. The van der Waals surface area contributed by atoms with Crippen LogP contribution in [0, 0.1) is 0 Å². The molecule has 0 spiro atoms. The maximum absolute atomic E-state index is 11.7. The number of hydrogen-bond acceptors (Lipinski definition) is 5. The zero-order valence-electron chi connectivity index (χ0n) is 10.6. The summed E-state index contributed by atoms with van der Waals surface area (Å²) >= 11 is 0. The summed E-state index contributed by atoms with van der Waals surface area (Å²) in [6.45, 7) is 6.04. The molecular weight excluding hydrogens is 240 g/mol. The summed E-state index contributed by atoms with van der Waals surface area (Å²) in [6.07, 6.45) is 1.26. The summed E-state index contributed by atoms with van der Waals surface area (Å²) in [5.41, 5.74) is 0.315. The van der Waals surface area contributed by atoms with Gasteiger partial charge >= 0.3 is 11.9 Å². The van der Waals surface area contributed by atoms with Crippen LogP contribution >= 0.6 is 0 Å². The van der Waals surface area contributed by atoms with Crippen molar-refractivity contribution in [2.75, 3.05) is 14.2 Å². The number of carbonyl (C=O) groups is 2. The standard InChI is InChI=1S/C11H16O5Si/c1-14-9(12)7-6-16-11(17(3,4)5)8(7)10(13)15-2/h6H,1-5H3. The first kappa shape index (κ1) is 13.5. The van der Waals surface area contributed by atoms with Crippen LogP contribution in [0.4, 0.5) is 0 Å². The van der Waals surface area contributed by atoms with E-state index in [4.69, 9.17) is 4.42 Å². The second-order valence-corrected chi connectivity index (χ2v) is 9.54. The molecule has 1 heterocycles. The van der Waals surface area contributed by atoms with E-state index in [0.29, 0.717) is 5.38 Å². The van der Waals surface area contributed by atoms with Gasteiger partial charge in [0.2, 0.25) is 0 Å². The average Bonchev–Trinajstić information content (AvgIpc) is 2.70. The van der Waals surface area contributed by atoms with Crippen LogP contribution in [0.2, 0.25) is 19.6 Å². The third-order valence-electron chi connectivity index (χ3n) is 2.27. The Hall–Kier alpha value is -1.56. The van der Waals surface area contributed by atoms with Crippen LogP contribution in [-0.4, -0.2) is 34.2 Å². The molecule has 0 radical (unpaired) electrons. The number of carbonyl (C=O) groups excluding carboxylic acids is 2. The molecule has 1 aromatic heterocycles. The van der Waals surface area contributed by atoms with E-state index in [1.165, 1.54) is 20.5 Å². The van der Waals surface area contributed by atoms with Crippen molar-refractivity contribution in [2.24, 2.45) is 0 Å². The van der Waals surface area contributed by atoms with Gasteiger partial charge in [0.05, 0.1) is 19.6 Å². The largest absolute Gasteiger partial charge is 0.473 e. The number of hydrogen-bond donors (Lipinski definition) is 0. The molecule has 0 aliphatic rings. The first-order valence-corrected chi connectivity index (χ1v) is 8.61. The van der Waals surface area contributed by atoms with Gasteiger partial charge in [-0.2, -0.15) is 0 Å². The molecule has 0 bridgehead atoms. The number of methoxy groups -OCH3 is 2. The van der Waals surface area contributed by atoms with Crippen LogP contribution in [-0.2, 0) is 9.47 Å². The van der Waals surface area contributed by atoms with E-state index in [-0.39, 0.29) is 11.1 Å². The monoisotopic (exact) mass is 256 g/mol. The normalized spacial score (nSPS) is 11.1. The highest BCUT2D eigenvalue weighted by atomic mass is 28.3. The highest BCUT2D eigenvalue weighted by Crippen LogP contribution is 2.16. The Balaban J connectivity index is 3.40. The van der Waals surface area contributed by atoms with Crippen molar-refractivity contribution in [3.8, 4) is 0 Å². The van der Waals surface area contributed by atoms with E-state index in [9.17, 15) is 9.59 Å². The van der Waals surface area contributed by atoms with Crippen molar-refractivity contribution in [3.63, 3.8) is 0 Å². The number of esters is 2. The molecule has 5 nitrogen and oxygen atoms in total. The molecule has 0 aliphatic heterocycles.